The molecule has 0 heterocycles. The lowest BCUT2D eigenvalue weighted by Gasteiger charge is -2.18. The van der Waals surface area contributed by atoms with Gasteiger partial charge in [0.05, 0.1) is 11.5 Å². The minimum atomic E-state index is -2.22. The summed E-state index contributed by atoms with van der Waals surface area (Å²) in [6.45, 7) is 2.98. The molecule has 22 heavy (non-hydrogen) atoms. The molecule has 2 aromatic carbocycles. The van der Waals surface area contributed by atoms with E-state index in [-0.39, 0.29) is 3.69 Å². The molecule has 0 fully saturated rings. The number of ether oxygens (including phenoxy) is 1. The Labute approximate surface area is 134 Å². The molecule has 2 rings (SSSR count). The Hall–Kier alpha value is -0.864. The van der Waals surface area contributed by atoms with Gasteiger partial charge in [-0.3, -0.25) is 0 Å². The minimum absolute atomic E-state index is 0.362. The summed E-state index contributed by atoms with van der Waals surface area (Å²) in [7, 11) is 5.70. The van der Waals surface area contributed by atoms with Gasteiger partial charge in [0.2, 0.25) is 0 Å². The third-order valence-corrected chi connectivity index (χ3v) is 4.69. The highest BCUT2D eigenvalue weighted by molar-refractivity contribution is 7.02. The fourth-order valence-electron chi connectivity index (χ4n) is 2.06. The molecule has 0 atom stereocenters. The maximum absolute atomic E-state index is 14.0. The molecule has 0 saturated heterocycles. The molecule has 0 radical (unpaired) electrons. The maximum atomic E-state index is 14.0. The predicted molar refractivity (Wildman–Crippen MR) is 70.7 cm³/mol. The lowest BCUT2D eigenvalue weighted by atomic mass is 10.1. The van der Waals surface area contributed by atoms with E-state index in [1.54, 1.807) is 0 Å². The van der Waals surface area contributed by atoms with Crippen molar-refractivity contribution in [2.24, 2.45) is 0 Å². The summed E-state index contributed by atoms with van der Waals surface area (Å²) in [6, 6.07) is 0. The second-order valence-corrected chi connectivity index (χ2v) is 6.52. The molecule has 0 aliphatic heterocycles. The zero-order valence-corrected chi connectivity index (χ0v) is 13.5. The standard InChI is InChI=1S/C13H7F6O.ClH.Mg/c1-4(2)20-6-3-5-7(10(16)9(6)15)11(17)13(19)12(18)8(5)14;;/h4H,1-2H3;1H;/q;;+1/p-1. The van der Waals surface area contributed by atoms with Crippen LogP contribution in [0, 0.1) is 34.9 Å². The average Bonchev–Trinajstić information content (AvgIpc) is 2.47. The third-order valence-electron chi connectivity index (χ3n) is 2.94. The van der Waals surface area contributed by atoms with E-state index in [4.69, 9.17) is 13.8 Å². The zero-order chi connectivity index (χ0) is 16.8. The second-order valence-electron chi connectivity index (χ2n) is 4.74. The molecular weight excluding hydrogens is 346 g/mol. The van der Waals surface area contributed by atoms with E-state index in [1.807, 2.05) is 0 Å². The van der Waals surface area contributed by atoms with E-state index in [0.717, 1.165) is 0 Å². The lowest BCUT2D eigenvalue weighted by Crippen LogP contribution is -2.23. The van der Waals surface area contributed by atoms with Crippen LogP contribution in [0.25, 0.3) is 10.8 Å². The van der Waals surface area contributed by atoms with Crippen LogP contribution < -0.4 is 8.43 Å². The summed E-state index contributed by atoms with van der Waals surface area (Å²) >= 11 is -1.96. The first kappa shape index (κ1) is 17.5. The highest BCUT2D eigenvalue weighted by Gasteiger charge is 2.30. The van der Waals surface area contributed by atoms with Gasteiger partial charge >= 0.3 is 19.3 Å². The van der Waals surface area contributed by atoms with E-state index in [0.29, 0.717) is 0 Å². The Bertz CT molecular complexity index is 765. The van der Waals surface area contributed by atoms with Crippen molar-refractivity contribution < 1.29 is 31.1 Å². The Morgan fingerprint density at radius 3 is 1.68 bits per heavy atom. The Kier molecular flexibility index (Phi) is 5.03. The van der Waals surface area contributed by atoms with E-state index >= 15 is 0 Å². The minimum Gasteiger partial charge on any atom is -0.490 e. The molecule has 2 aromatic rings. The van der Waals surface area contributed by atoms with Crippen LogP contribution in [0.4, 0.5) is 26.3 Å². The molecule has 0 unspecified atom stereocenters. The molecule has 1 nitrogen and oxygen atoms in total. The Balaban J connectivity index is 3.07. The molecular formula is C13H7ClF6MgO. The highest BCUT2D eigenvalue weighted by Crippen LogP contribution is 2.33. The van der Waals surface area contributed by atoms with Gasteiger partial charge in [0.15, 0.2) is 34.9 Å². The quantitative estimate of drug-likeness (QED) is 0.352. The number of halogens is 7. The van der Waals surface area contributed by atoms with Crippen molar-refractivity contribution in [2.45, 2.75) is 20.0 Å². The van der Waals surface area contributed by atoms with Crippen molar-refractivity contribution in [3.05, 3.63) is 34.9 Å². The normalized spacial score (nSPS) is 11.2. The number of hydrogen-bond acceptors (Lipinski definition) is 1. The average molecular weight is 353 g/mol. The van der Waals surface area contributed by atoms with Gasteiger partial charge < -0.3 is 13.8 Å². The van der Waals surface area contributed by atoms with Crippen LogP contribution in [0.5, 0.6) is 5.75 Å². The first-order valence-electron chi connectivity index (χ1n) is 6.10. The van der Waals surface area contributed by atoms with Gasteiger partial charge in [0.25, 0.3) is 0 Å². The first-order chi connectivity index (χ1) is 10.2. The van der Waals surface area contributed by atoms with Crippen molar-refractivity contribution in [3.8, 4) is 5.75 Å². The van der Waals surface area contributed by atoms with Crippen molar-refractivity contribution in [3.63, 3.8) is 0 Å². The van der Waals surface area contributed by atoms with Gasteiger partial charge in [-0.2, -0.15) is 4.39 Å². The lowest BCUT2D eigenvalue weighted by molar-refractivity contribution is 0.230. The number of rotatable bonds is 3. The smallest absolute Gasteiger partial charge is 0.490 e. The molecule has 116 valence electrons. The topological polar surface area (TPSA) is 9.23 Å². The summed E-state index contributed by atoms with van der Waals surface area (Å²) in [5, 5.41) is -2.24. The number of benzene rings is 2. The van der Waals surface area contributed by atoms with Crippen LogP contribution in [0.1, 0.15) is 13.8 Å². The molecule has 0 spiro atoms. The van der Waals surface area contributed by atoms with Crippen LogP contribution in [-0.2, 0) is 0 Å². The molecule has 0 aliphatic carbocycles. The molecule has 9 heteroatoms. The Morgan fingerprint density at radius 1 is 0.773 bits per heavy atom. The summed E-state index contributed by atoms with van der Waals surface area (Å²) < 4.78 is 87.1. The number of hydrogen-bond donors (Lipinski definition) is 0. The van der Waals surface area contributed by atoms with Crippen molar-refractivity contribution in [1.82, 2.24) is 0 Å². The first-order valence-corrected chi connectivity index (χ1v) is 8.94. The van der Waals surface area contributed by atoms with Crippen LogP contribution in [0.2, 0.25) is 0 Å². The van der Waals surface area contributed by atoms with E-state index in [1.165, 1.54) is 13.8 Å². The van der Waals surface area contributed by atoms with Crippen molar-refractivity contribution >= 4 is 42.8 Å². The van der Waals surface area contributed by atoms with Crippen molar-refractivity contribution in [2.75, 3.05) is 0 Å². The molecule has 0 N–H and O–H groups in total. The maximum Gasteiger partial charge on any atom is 0.545 e. The molecule has 0 saturated carbocycles. The second kappa shape index (κ2) is 6.33. The molecule has 0 amide bonds. The van der Waals surface area contributed by atoms with Crippen molar-refractivity contribution in [1.29, 1.82) is 0 Å². The number of fused-ring (bicyclic) bond motifs is 1. The van der Waals surface area contributed by atoms with Gasteiger partial charge in [-0.25, -0.2) is 22.0 Å². The largest absolute Gasteiger partial charge is 0.545 e. The zero-order valence-electron chi connectivity index (χ0n) is 11.3. The monoisotopic (exact) mass is 352 g/mol. The molecule has 0 aliphatic rings. The Morgan fingerprint density at radius 2 is 1.23 bits per heavy atom. The fraction of sp³-hybridized carbons (Fsp3) is 0.231. The predicted octanol–water partition coefficient (Wildman–Crippen LogP) is 3.94. The summed E-state index contributed by atoms with van der Waals surface area (Å²) in [4.78, 5) is 0. The van der Waals surface area contributed by atoms with Gasteiger partial charge in [0, 0.05) is 5.39 Å². The van der Waals surface area contributed by atoms with Crippen LogP contribution in [-0.4, -0.2) is 25.4 Å². The van der Waals surface area contributed by atoms with E-state index < -0.39 is 76.8 Å². The van der Waals surface area contributed by atoms with Crippen LogP contribution >= 0.6 is 9.07 Å². The highest BCUT2D eigenvalue weighted by atomic mass is 35.5. The summed E-state index contributed by atoms with van der Waals surface area (Å²) in [5.41, 5.74) is 0. The third kappa shape index (κ3) is 2.61. The SMILES string of the molecule is CC(C)Oc1c(F)c(F)c2c(F)c(F)c(F)c(F)c2[c]1[Mg][Cl]. The van der Waals surface area contributed by atoms with Gasteiger partial charge in [0.1, 0.15) is 5.75 Å². The van der Waals surface area contributed by atoms with Gasteiger partial charge in [-0.05, 0) is 13.8 Å². The summed E-state index contributed by atoms with van der Waals surface area (Å²) in [6.07, 6.45) is -0.625. The van der Waals surface area contributed by atoms with Crippen LogP contribution in [0.15, 0.2) is 0 Å². The van der Waals surface area contributed by atoms with E-state index in [9.17, 15) is 26.3 Å². The van der Waals surface area contributed by atoms with Gasteiger partial charge in [-0.1, -0.05) is 3.69 Å². The fourth-order valence-corrected chi connectivity index (χ4v) is 3.65. The van der Waals surface area contributed by atoms with Crippen LogP contribution in [0.3, 0.4) is 0 Å². The summed E-state index contributed by atoms with van der Waals surface area (Å²) in [5.74, 6) is -12.4. The van der Waals surface area contributed by atoms with Gasteiger partial charge in [-0.15, -0.1) is 0 Å². The molecule has 0 bridgehead atoms. The van der Waals surface area contributed by atoms with E-state index in [2.05, 4.69) is 0 Å². The molecule has 0 aromatic heterocycles.